The minimum absolute atomic E-state index is 0.108. The highest BCUT2D eigenvalue weighted by Gasteiger charge is 2.30. The molecule has 2 atom stereocenters. The van der Waals surface area contributed by atoms with Gasteiger partial charge in [0.15, 0.2) is 0 Å². The van der Waals surface area contributed by atoms with Gasteiger partial charge in [0.1, 0.15) is 11.6 Å². The highest BCUT2D eigenvalue weighted by atomic mass is 19.1. The predicted octanol–water partition coefficient (Wildman–Crippen LogP) is 2.04. The SMILES string of the molecule is CC1CC(N)c2c(O)ccc(F)c21. The van der Waals surface area contributed by atoms with E-state index in [-0.39, 0.29) is 23.5 Å². The number of phenols is 1. The third-order valence-corrected chi connectivity index (χ3v) is 2.68. The second-order valence-electron chi connectivity index (χ2n) is 3.64. The Balaban J connectivity index is 2.67. The fraction of sp³-hybridized carbons (Fsp3) is 0.400. The monoisotopic (exact) mass is 181 g/mol. The van der Waals surface area contributed by atoms with E-state index in [0.717, 1.165) is 0 Å². The molecule has 2 rings (SSSR count). The number of halogens is 1. The van der Waals surface area contributed by atoms with Crippen molar-refractivity contribution in [2.75, 3.05) is 0 Å². The van der Waals surface area contributed by atoms with Crippen molar-refractivity contribution in [3.05, 3.63) is 29.1 Å². The fourth-order valence-electron chi connectivity index (χ4n) is 2.11. The van der Waals surface area contributed by atoms with Crippen molar-refractivity contribution in [1.29, 1.82) is 0 Å². The van der Waals surface area contributed by atoms with E-state index in [1.807, 2.05) is 6.92 Å². The topological polar surface area (TPSA) is 46.2 Å². The maximum absolute atomic E-state index is 13.3. The largest absolute Gasteiger partial charge is 0.508 e. The van der Waals surface area contributed by atoms with E-state index in [2.05, 4.69) is 0 Å². The van der Waals surface area contributed by atoms with E-state index in [1.54, 1.807) is 0 Å². The molecule has 1 aromatic carbocycles. The van der Waals surface area contributed by atoms with Crippen LogP contribution in [0, 0.1) is 5.82 Å². The van der Waals surface area contributed by atoms with Gasteiger partial charge in [-0.05, 0) is 30.0 Å². The number of phenolic OH excluding ortho intramolecular Hbond substituents is 1. The van der Waals surface area contributed by atoms with Crippen LogP contribution in [0.25, 0.3) is 0 Å². The lowest BCUT2D eigenvalue weighted by atomic mass is 10.0. The van der Waals surface area contributed by atoms with Crippen LogP contribution in [0.2, 0.25) is 0 Å². The second-order valence-corrected chi connectivity index (χ2v) is 3.64. The Bertz CT molecular complexity index is 318. The van der Waals surface area contributed by atoms with Gasteiger partial charge >= 0.3 is 0 Å². The molecule has 1 aromatic rings. The standard InChI is InChI=1S/C10H12FNO/c1-5-4-7(12)10-8(13)3-2-6(11)9(5)10/h2-3,5,7,13H,4,12H2,1H3. The molecule has 2 nitrogen and oxygen atoms in total. The summed E-state index contributed by atoms with van der Waals surface area (Å²) in [7, 11) is 0. The lowest BCUT2D eigenvalue weighted by Gasteiger charge is -2.07. The van der Waals surface area contributed by atoms with Crippen LogP contribution in [-0.4, -0.2) is 5.11 Å². The zero-order valence-electron chi connectivity index (χ0n) is 7.42. The zero-order valence-corrected chi connectivity index (χ0v) is 7.42. The lowest BCUT2D eigenvalue weighted by molar-refractivity contribution is 0.461. The molecule has 0 amide bonds. The van der Waals surface area contributed by atoms with E-state index in [1.165, 1.54) is 12.1 Å². The van der Waals surface area contributed by atoms with Crippen LogP contribution in [0.15, 0.2) is 12.1 Å². The van der Waals surface area contributed by atoms with Crippen LogP contribution in [0.5, 0.6) is 5.75 Å². The van der Waals surface area contributed by atoms with Gasteiger partial charge in [-0.1, -0.05) is 6.92 Å². The van der Waals surface area contributed by atoms with E-state index in [0.29, 0.717) is 17.5 Å². The fourth-order valence-corrected chi connectivity index (χ4v) is 2.11. The Kier molecular flexibility index (Phi) is 1.77. The Hall–Kier alpha value is -1.09. The normalized spacial score (nSPS) is 26.1. The number of rotatable bonds is 0. The van der Waals surface area contributed by atoms with Gasteiger partial charge in [0.05, 0.1) is 0 Å². The second kappa shape index (κ2) is 2.70. The van der Waals surface area contributed by atoms with Gasteiger partial charge in [0, 0.05) is 11.6 Å². The Morgan fingerprint density at radius 3 is 2.77 bits per heavy atom. The van der Waals surface area contributed by atoms with Crippen molar-refractivity contribution < 1.29 is 9.50 Å². The van der Waals surface area contributed by atoms with Crippen LogP contribution in [0.1, 0.15) is 36.4 Å². The Labute approximate surface area is 76.2 Å². The minimum atomic E-state index is -0.256. The molecule has 0 aliphatic heterocycles. The van der Waals surface area contributed by atoms with E-state index < -0.39 is 0 Å². The smallest absolute Gasteiger partial charge is 0.127 e. The molecule has 0 heterocycles. The summed E-state index contributed by atoms with van der Waals surface area (Å²) in [6.07, 6.45) is 0.712. The average molecular weight is 181 g/mol. The summed E-state index contributed by atoms with van der Waals surface area (Å²) in [6.45, 7) is 1.92. The minimum Gasteiger partial charge on any atom is -0.508 e. The molecule has 0 radical (unpaired) electrons. The quantitative estimate of drug-likeness (QED) is 0.643. The maximum Gasteiger partial charge on any atom is 0.127 e. The van der Waals surface area contributed by atoms with Gasteiger partial charge in [0.2, 0.25) is 0 Å². The molecular formula is C10H12FNO. The molecule has 0 bridgehead atoms. The van der Waals surface area contributed by atoms with Gasteiger partial charge in [-0.25, -0.2) is 4.39 Å². The lowest BCUT2D eigenvalue weighted by Crippen LogP contribution is -2.05. The Morgan fingerprint density at radius 2 is 2.15 bits per heavy atom. The van der Waals surface area contributed by atoms with Crippen molar-refractivity contribution in [2.24, 2.45) is 5.73 Å². The molecule has 0 spiro atoms. The molecule has 13 heavy (non-hydrogen) atoms. The van der Waals surface area contributed by atoms with Gasteiger partial charge in [-0.2, -0.15) is 0 Å². The third-order valence-electron chi connectivity index (χ3n) is 2.68. The zero-order chi connectivity index (χ0) is 9.59. The predicted molar refractivity (Wildman–Crippen MR) is 48.0 cm³/mol. The highest BCUT2D eigenvalue weighted by Crippen LogP contribution is 2.44. The van der Waals surface area contributed by atoms with Crippen LogP contribution in [0.4, 0.5) is 4.39 Å². The molecule has 3 heteroatoms. The number of fused-ring (bicyclic) bond motifs is 1. The van der Waals surface area contributed by atoms with Crippen LogP contribution in [0.3, 0.4) is 0 Å². The van der Waals surface area contributed by atoms with Gasteiger partial charge in [-0.3, -0.25) is 0 Å². The first kappa shape index (κ1) is 8.51. The number of nitrogens with two attached hydrogens (primary N) is 1. The van der Waals surface area contributed by atoms with Crippen molar-refractivity contribution in [3.8, 4) is 5.75 Å². The molecule has 3 N–H and O–H groups in total. The van der Waals surface area contributed by atoms with Gasteiger partial charge in [0.25, 0.3) is 0 Å². The summed E-state index contributed by atoms with van der Waals surface area (Å²) in [5.41, 5.74) is 6.96. The molecule has 0 saturated carbocycles. The molecule has 1 aliphatic carbocycles. The van der Waals surface area contributed by atoms with Crippen molar-refractivity contribution >= 4 is 0 Å². The van der Waals surface area contributed by atoms with Crippen LogP contribution >= 0.6 is 0 Å². The van der Waals surface area contributed by atoms with Crippen molar-refractivity contribution in [1.82, 2.24) is 0 Å². The van der Waals surface area contributed by atoms with Crippen LogP contribution < -0.4 is 5.73 Å². The summed E-state index contributed by atoms with van der Waals surface area (Å²) in [4.78, 5) is 0. The number of benzene rings is 1. The Morgan fingerprint density at radius 1 is 1.46 bits per heavy atom. The maximum atomic E-state index is 13.3. The molecule has 0 saturated heterocycles. The number of aromatic hydroxyl groups is 1. The van der Waals surface area contributed by atoms with Crippen molar-refractivity contribution in [2.45, 2.75) is 25.3 Å². The first-order valence-electron chi connectivity index (χ1n) is 4.38. The third kappa shape index (κ3) is 1.11. The van der Waals surface area contributed by atoms with E-state index in [9.17, 15) is 9.50 Å². The van der Waals surface area contributed by atoms with E-state index in [4.69, 9.17) is 5.73 Å². The summed E-state index contributed by atoms with van der Waals surface area (Å²) in [6, 6.07) is 2.44. The van der Waals surface area contributed by atoms with Crippen LogP contribution in [-0.2, 0) is 0 Å². The van der Waals surface area contributed by atoms with Gasteiger partial charge < -0.3 is 10.8 Å². The molecule has 0 aromatic heterocycles. The summed E-state index contributed by atoms with van der Waals surface area (Å²) >= 11 is 0. The first-order valence-corrected chi connectivity index (χ1v) is 4.38. The molecule has 2 unspecified atom stereocenters. The first-order chi connectivity index (χ1) is 6.11. The summed E-state index contributed by atoms with van der Waals surface area (Å²) in [5, 5.41) is 9.50. The molecule has 1 aliphatic rings. The highest BCUT2D eigenvalue weighted by molar-refractivity contribution is 5.47. The number of hydrogen-bond acceptors (Lipinski definition) is 2. The summed E-state index contributed by atoms with van der Waals surface area (Å²) in [5.74, 6) is -0.0291. The van der Waals surface area contributed by atoms with E-state index >= 15 is 0 Å². The van der Waals surface area contributed by atoms with Gasteiger partial charge in [-0.15, -0.1) is 0 Å². The van der Waals surface area contributed by atoms with Crippen molar-refractivity contribution in [3.63, 3.8) is 0 Å². The average Bonchev–Trinajstić information content (AvgIpc) is 2.36. The summed E-state index contributed by atoms with van der Waals surface area (Å²) < 4.78 is 13.3. The molecule has 0 fully saturated rings. The number of hydrogen-bond donors (Lipinski definition) is 2. The molecular weight excluding hydrogens is 169 g/mol. The molecule has 70 valence electrons.